The molecule has 2 N–H and O–H groups in total. The maximum atomic E-state index is 13.1. The highest BCUT2D eigenvalue weighted by Gasteiger charge is 2.53. The zero-order valence-corrected chi connectivity index (χ0v) is 14.1. The number of likely N-dealkylation sites (tertiary alicyclic amines) is 1. The van der Waals surface area contributed by atoms with Crippen molar-refractivity contribution in [2.45, 2.75) is 25.1 Å². The first-order chi connectivity index (χ1) is 12.2. The lowest BCUT2D eigenvalue weighted by molar-refractivity contribution is -0.187. The second kappa shape index (κ2) is 8.25. The first-order valence-electron chi connectivity index (χ1n) is 8.24. The van der Waals surface area contributed by atoms with Gasteiger partial charge in [-0.25, -0.2) is 4.79 Å². The third kappa shape index (κ3) is 4.77. The van der Waals surface area contributed by atoms with Gasteiger partial charge in [0.2, 0.25) is 0 Å². The van der Waals surface area contributed by atoms with Gasteiger partial charge in [-0.05, 0) is 18.4 Å². The number of aliphatic carboxylic acids is 1. The molecule has 5 nitrogen and oxygen atoms in total. The highest BCUT2D eigenvalue weighted by molar-refractivity contribution is 5.78. The second-order valence-corrected chi connectivity index (χ2v) is 6.28. The van der Waals surface area contributed by atoms with Gasteiger partial charge in [0.1, 0.15) is 0 Å². The Morgan fingerprint density at radius 2 is 1.96 bits per heavy atom. The zero-order chi connectivity index (χ0) is 19.3. The van der Waals surface area contributed by atoms with E-state index >= 15 is 0 Å². The minimum absolute atomic E-state index is 0.394. The predicted octanol–water partition coefficient (Wildman–Crippen LogP) is 3.60. The molecule has 1 aliphatic heterocycles. The van der Waals surface area contributed by atoms with Crippen LogP contribution in [-0.4, -0.2) is 41.3 Å². The Labute approximate surface area is 149 Å². The van der Waals surface area contributed by atoms with Crippen LogP contribution in [0.1, 0.15) is 24.4 Å². The Kier molecular flexibility index (Phi) is 6.28. The van der Waals surface area contributed by atoms with Crippen molar-refractivity contribution in [2.24, 2.45) is 11.8 Å². The standard InChI is InChI=1S/C18H21F3N2O3/c1-2-3-9-15(12-7-5-4-6-8-12)22-17(26)23-10-13(16(24)25)14(11-23)18(19,20)21/h2,4-8,13-15H,1,3,9-11H2,(H,22,26)(H,24,25)/t13-,14-,15?/m1/s1. The van der Waals surface area contributed by atoms with E-state index in [-0.39, 0.29) is 0 Å². The minimum Gasteiger partial charge on any atom is -0.481 e. The summed E-state index contributed by atoms with van der Waals surface area (Å²) in [7, 11) is 0. The monoisotopic (exact) mass is 370 g/mol. The van der Waals surface area contributed by atoms with Crippen molar-refractivity contribution < 1.29 is 27.9 Å². The molecular formula is C18H21F3N2O3. The van der Waals surface area contributed by atoms with Crippen LogP contribution in [0.25, 0.3) is 0 Å². The lowest BCUT2D eigenvalue weighted by Crippen LogP contribution is -2.41. The number of hydrogen-bond acceptors (Lipinski definition) is 2. The third-order valence-electron chi connectivity index (χ3n) is 4.50. The van der Waals surface area contributed by atoms with E-state index in [9.17, 15) is 22.8 Å². The summed E-state index contributed by atoms with van der Waals surface area (Å²) in [5.74, 6) is -5.26. The van der Waals surface area contributed by atoms with Crippen LogP contribution < -0.4 is 5.32 Å². The maximum Gasteiger partial charge on any atom is 0.394 e. The summed E-state index contributed by atoms with van der Waals surface area (Å²) in [6.07, 6.45) is -1.82. The molecule has 2 rings (SSSR count). The number of urea groups is 1. The van der Waals surface area contributed by atoms with Gasteiger partial charge in [0.05, 0.1) is 17.9 Å². The van der Waals surface area contributed by atoms with Gasteiger partial charge in [-0.1, -0.05) is 36.4 Å². The fourth-order valence-corrected chi connectivity index (χ4v) is 3.08. The summed E-state index contributed by atoms with van der Waals surface area (Å²) in [5, 5.41) is 11.8. The van der Waals surface area contributed by atoms with Gasteiger partial charge >= 0.3 is 18.2 Å². The predicted molar refractivity (Wildman–Crippen MR) is 89.4 cm³/mol. The fraction of sp³-hybridized carbons (Fsp3) is 0.444. The third-order valence-corrected chi connectivity index (χ3v) is 4.50. The molecule has 0 saturated carbocycles. The molecular weight excluding hydrogens is 349 g/mol. The Hall–Kier alpha value is -2.51. The summed E-state index contributed by atoms with van der Waals surface area (Å²) in [5.41, 5.74) is 0.823. The zero-order valence-electron chi connectivity index (χ0n) is 14.1. The van der Waals surface area contributed by atoms with E-state index in [0.717, 1.165) is 10.5 Å². The molecule has 1 unspecified atom stereocenters. The van der Waals surface area contributed by atoms with Crippen LogP contribution in [0, 0.1) is 11.8 Å². The number of allylic oxidation sites excluding steroid dienone is 1. The maximum absolute atomic E-state index is 13.1. The van der Waals surface area contributed by atoms with Crippen LogP contribution >= 0.6 is 0 Å². The molecule has 0 bridgehead atoms. The molecule has 0 radical (unpaired) electrons. The smallest absolute Gasteiger partial charge is 0.394 e. The van der Waals surface area contributed by atoms with E-state index in [2.05, 4.69) is 11.9 Å². The van der Waals surface area contributed by atoms with Gasteiger partial charge in [-0.15, -0.1) is 6.58 Å². The summed E-state index contributed by atoms with van der Waals surface area (Å²) in [6, 6.07) is 7.97. The molecule has 1 saturated heterocycles. The number of hydrogen-bond donors (Lipinski definition) is 2. The van der Waals surface area contributed by atoms with Crippen LogP contribution in [0.15, 0.2) is 43.0 Å². The average molecular weight is 370 g/mol. The first kappa shape index (κ1) is 19.8. The van der Waals surface area contributed by atoms with Crippen molar-refractivity contribution in [2.75, 3.05) is 13.1 Å². The number of nitrogens with zero attached hydrogens (tertiary/aromatic N) is 1. The molecule has 142 valence electrons. The lowest BCUT2D eigenvalue weighted by Gasteiger charge is -2.24. The first-order valence-corrected chi connectivity index (χ1v) is 8.24. The van der Waals surface area contributed by atoms with Crippen LogP contribution in [0.4, 0.5) is 18.0 Å². The largest absolute Gasteiger partial charge is 0.481 e. The van der Waals surface area contributed by atoms with Crippen LogP contribution in [0.2, 0.25) is 0 Å². The molecule has 3 atom stereocenters. The topological polar surface area (TPSA) is 69.6 Å². The summed E-state index contributed by atoms with van der Waals surface area (Å²) in [6.45, 7) is 2.51. The Balaban J connectivity index is 2.11. The summed E-state index contributed by atoms with van der Waals surface area (Å²) < 4.78 is 39.2. The molecule has 1 heterocycles. The molecule has 8 heteroatoms. The number of carbonyl (C=O) groups is 2. The van der Waals surface area contributed by atoms with Gasteiger partial charge in [-0.3, -0.25) is 4.79 Å². The van der Waals surface area contributed by atoms with Crippen molar-refractivity contribution in [3.63, 3.8) is 0 Å². The molecule has 1 aromatic carbocycles. The molecule has 0 aromatic heterocycles. The minimum atomic E-state index is -4.67. The van der Waals surface area contributed by atoms with Crippen molar-refractivity contribution in [3.05, 3.63) is 48.6 Å². The average Bonchev–Trinajstić information content (AvgIpc) is 3.05. The van der Waals surface area contributed by atoms with Crippen molar-refractivity contribution in [1.29, 1.82) is 0 Å². The van der Waals surface area contributed by atoms with Gasteiger partial charge < -0.3 is 15.3 Å². The SMILES string of the molecule is C=CCCC(NC(=O)N1C[C@@H](C(F)(F)F)[C@H](C(=O)O)C1)c1ccccc1. The summed E-state index contributed by atoms with van der Waals surface area (Å²) in [4.78, 5) is 24.5. The second-order valence-electron chi connectivity index (χ2n) is 6.28. The van der Waals surface area contributed by atoms with Gasteiger partial charge in [0.15, 0.2) is 0 Å². The number of rotatable bonds is 6. The number of nitrogens with one attached hydrogen (secondary N) is 1. The highest BCUT2D eigenvalue weighted by atomic mass is 19.4. The van der Waals surface area contributed by atoms with Crippen LogP contribution in [-0.2, 0) is 4.79 Å². The Bertz CT molecular complexity index is 649. The van der Waals surface area contributed by atoms with Gasteiger partial charge in [-0.2, -0.15) is 13.2 Å². The van der Waals surface area contributed by atoms with E-state index in [1.165, 1.54) is 0 Å². The number of alkyl halides is 3. The number of carbonyl (C=O) groups excluding carboxylic acids is 1. The van der Waals surface area contributed by atoms with E-state index in [1.807, 2.05) is 18.2 Å². The lowest BCUT2D eigenvalue weighted by atomic mass is 9.96. The molecule has 26 heavy (non-hydrogen) atoms. The number of carboxylic acids is 1. The van der Waals surface area contributed by atoms with Crippen LogP contribution in [0.5, 0.6) is 0 Å². The normalized spacial score (nSPS) is 21.3. The quantitative estimate of drug-likeness (QED) is 0.752. The molecule has 1 aliphatic rings. The number of carboxylic acid groups (broad SMARTS) is 1. The Morgan fingerprint density at radius 3 is 2.46 bits per heavy atom. The van der Waals surface area contributed by atoms with Crippen molar-refractivity contribution in [3.8, 4) is 0 Å². The molecule has 0 aliphatic carbocycles. The number of halogens is 3. The molecule has 1 fully saturated rings. The van der Waals surface area contributed by atoms with E-state index in [1.54, 1.807) is 18.2 Å². The highest BCUT2D eigenvalue weighted by Crippen LogP contribution is 2.37. The molecule has 0 spiro atoms. The van der Waals surface area contributed by atoms with E-state index < -0.39 is 49.1 Å². The van der Waals surface area contributed by atoms with Gasteiger partial charge in [0, 0.05) is 13.1 Å². The van der Waals surface area contributed by atoms with E-state index in [4.69, 9.17) is 5.11 Å². The van der Waals surface area contributed by atoms with E-state index in [0.29, 0.717) is 12.8 Å². The van der Waals surface area contributed by atoms with Crippen LogP contribution in [0.3, 0.4) is 0 Å². The molecule has 2 amide bonds. The Morgan fingerprint density at radius 1 is 1.31 bits per heavy atom. The van der Waals surface area contributed by atoms with Gasteiger partial charge in [0.25, 0.3) is 0 Å². The molecule has 1 aromatic rings. The summed E-state index contributed by atoms with van der Waals surface area (Å²) >= 11 is 0. The number of benzene rings is 1. The van der Waals surface area contributed by atoms with Crippen molar-refractivity contribution >= 4 is 12.0 Å². The number of amides is 2. The van der Waals surface area contributed by atoms with Crippen molar-refractivity contribution in [1.82, 2.24) is 10.2 Å². The fourth-order valence-electron chi connectivity index (χ4n) is 3.08.